The molecule has 0 aromatic heterocycles. The number of hydrogen-bond acceptors (Lipinski definition) is 6. The van der Waals surface area contributed by atoms with Crippen LogP contribution in [0.25, 0.3) is 0 Å². The third-order valence-corrected chi connectivity index (χ3v) is 6.21. The zero-order chi connectivity index (χ0) is 20.6. The van der Waals surface area contributed by atoms with Crippen LogP contribution in [0.5, 0.6) is 5.75 Å². The molecule has 0 bridgehead atoms. The van der Waals surface area contributed by atoms with Gasteiger partial charge in [0.2, 0.25) is 11.6 Å². The number of nitrogens with one attached hydrogen (secondary N) is 2. The van der Waals surface area contributed by atoms with Gasteiger partial charge in [-0.1, -0.05) is 31.4 Å². The minimum Gasteiger partial charge on any atom is -0.505 e. The largest absolute Gasteiger partial charge is 0.505 e. The van der Waals surface area contributed by atoms with Crippen LogP contribution in [0, 0.1) is 0 Å². The highest BCUT2D eigenvalue weighted by atomic mass is 35.5. The maximum Gasteiger partial charge on any atom is 0.258 e. The van der Waals surface area contributed by atoms with E-state index in [2.05, 4.69) is 17.6 Å². The lowest BCUT2D eigenvalue weighted by molar-refractivity contribution is -0.146. The fourth-order valence-electron chi connectivity index (χ4n) is 4.07. The van der Waals surface area contributed by atoms with Gasteiger partial charge in [-0.2, -0.15) is 0 Å². The molecule has 8 heteroatoms. The van der Waals surface area contributed by atoms with E-state index in [1.807, 2.05) is 0 Å². The highest BCUT2D eigenvalue weighted by molar-refractivity contribution is 6.49. The lowest BCUT2D eigenvalue weighted by Crippen LogP contribution is -2.70. The van der Waals surface area contributed by atoms with Crippen LogP contribution in [0.3, 0.4) is 0 Å². The van der Waals surface area contributed by atoms with E-state index in [1.54, 1.807) is 14.1 Å². The van der Waals surface area contributed by atoms with Crippen molar-refractivity contribution in [2.24, 2.45) is 0 Å². The standard InChI is InChI=1S/C20H26ClN3O4/c1-4-20(9-5-6-10-20)23-15-14(17(26)18(15)27)22-12-8-7-11(21)13(16(12)25)19(28)24(2)3/h7-8,14-15,22-23,25H,4-6,9-10H2,1-3H3. The molecule has 2 aliphatic rings. The van der Waals surface area contributed by atoms with Crippen molar-refractivity contribution in [3.8, 4) is 5.75 Å². The number of hydrogen-bond donors (Lipinski definition) is 3. The average Bonchev–Trinajstić information content (AvgIpc) is 3.14. The molecular weight excluding hydrogens is 382 g/mol. The first-order chi connectivity index (χ1) is 13.2. The Morgan fingerprint density at radius 3 is 2.39 bits per heavy atom. The van der Waals surface area contributed by atoms with Gasteiger partial charge in [0.1, 0.15) is 17.6 Å². The van der Waals surface area contributed by atoms with Crippen LogP contribution >= 0.6 is 11.6 Å². The lowest BCUT2D eigenvalue weighted by Gasteiger charge is -2.41. The molecule has 3 N–H and O–H groups in total. The molecule has 1 aromatic carbocycles. The second kappa shape index (κ2) is 7.72. The van der Waals surface area contributed by atoms with Gasteiger partial charge in [0.05, 0.1) is 10.7 Å². The molecule has 0 radical (unpaired) electrons. The van der Waals surface area contributed by atoms with Crippen LogP contribution in [0.2, 0.25) is 5.02 Å². The zero-order valence-corrected chi connectivity index (χ0v) is 17.1. The third-order valence-electron chi connectivity index (χ3n) is 5.90. The molecule has 2 saturated carbocycles. The van der Waals surface area contributed by atoms with Gasteiger partial charge >= 0.3 is 0 Å². The molecule has 3 rings (SSSR count). The summed E-state index contributed by atoms with van der Waals surface area (Å²) in [5.74, 6) is -1.76. The summed E-state index contributed by atoms with van der Waals surface area (Å²) in [6.07, 6.45) is 5.03. The SMILES string of the molecule is CCC1(NC2C(=O)C(=O)C2Nc2ccc(Cl)c(C(=O)N(C)C)c2O)CCCC1. The van der Waals surface area contributed by atoms with Crippen molar-refractivity contribution < 1.29 is 19.5 Å². The number of amides is 1. The smallest absolute Gasteiger partial charge is 0.258 e. The minimum atomic E-state index is -0.786. The molecule has 2 fully saturated rings. The topological polar surface area (TPSA) is 98.7 Å². The maximum atomic E-state index is 12.3. The molecule has 7 nitrogen and oxygen atoms in total. The Kier molecular flexibility index (Phi) is 5.68. The number of phenols is 1. The van der Waals surface area contributed by atoms with Crippen molar-refractivity contribution in [3.05, 3.63) is 22.7 Å². The number of rotatable bonds is 6. The number of anilines is 1. The van der Waals surface area contributed by atoms with E-state index in [-0.39, 0.29) is 27.6 Å². The number of benzene rings is 1. The predicted molar refractivity (Wildman–Crippen MR) is 107 cm³/mol. The van der Waals surface area contributed by atoms with Gasteiger partial charge in [0.25, 0.3) is 5.91 Å². The van der Waals surface area contributed by atoms with Gasteiger partial charge < -0.3 is 15.3 Å². The van der Waals surface area contributed by atoms with Gasteiger partial charge in [-0.05, 0) is 31.4 Å². The van der Waals surface area contributed by atoms with Crippen LogP contribution < -0.4 is 10.6 Å². The molecule has 0 heterocycles. The second-order valence-electron chi connectivity index (χ2n) is 7.83. The van der Waals surface area contributed by atoms with E-state index in [4.69, 9.17) is 11.6 Å². The summed E-state index contributed by atoms with van der Waals surface area (Å²) < 4.78 is 0. The Morgan fingerprint density at radius 2 is 1.82 bits per heavy atom. The van der Waals surface area contributed by atoms with Gasteiger partial charge in [-0.3, -0.25) is 19.7 Å². The maximum absolute atomic E-state index is 12.3. The molecule has 0 saturated heterocycles. The first-order valence-corrected chi connectivity index (χ1v) is 9.94. The molecule has 2 aliphatic carbocycles. The van der Waals surface area contributed by atoms with Crippen molar-refractivity contribution in [1.29, 1.82) is 0 Å². The number of nitrogens with zero attached hydrogens (tertiary/aromatic N) is 1. The summed E-state index contributed by atoms with van der Waals surface area (Å²) in [5.41, 5.74) is 0.0269. The summed E-state index contributed by atoms with van der Waals surface area (Å²) >= 11 is 6.09. The summed E-state index contributed by atoms with van der Waals surface area (Å²) in [6, 6.07) is 1.56. The highest BCUT2D eigenvalue weighted by Gasteiger charge is 2.52. The fourth-order valence-corrected chi connectivity index (χ4v) is 4.30. The monoisotopic (exact) mass is 407 g/mol. The van der Waals surface area contributed by atoms with Crippen molar-refractivity contribution in [2.45, 2.75) is 56.7 Å². The summed E-state index contributed by atoms with van der Waals surface area (Å²) in [6.45, 7) is 2.08. The molecule has 1 amide bonds. The first kappa shape index (κ1) is 20.6. The quantitative estimate of drug-likeness (QED) is 0.494. The van der Waals surface area contributed by atoms with Crippen LogP contribution in [-0.2, 0) is 9.59 Å². The number of carbonyl (C=O) groups is 3. The summed E-state index contributed by atoms with van der Waals surface area (Å²) in [5, 5.41) is 17.0. The third kappa shape index (κ3) is 3.49. The van der Waals surface area contributed by atoms with Gasteiger partial charge in [-0.15, -0.1) is 0 Å². The average molecular weight is 408 g/mol. The first-order valence-electron chi connectivity index (χ1n) is 9.56. The summed E-state index contributed by atoms with van der Waals surface area (Å²) in [4.78, 5) is 38.1. The number of aromatic hydroxyl groups is 1. The van der Waals surface area contributed by atoms with Crippen molar-refractivity contribution in [1.82, 2.24) is 10.2 Å². The minimum absolute atomic E-state index is 0.0416. The predicted octanol–water partition coefficient (Wildman–Crippen LogP) is 2.36. The molecule has 1 aromatic rings. The molecular formula is C20H26ClN3O4. The van der Waals surface area contributed by atoms with E-state index in [0.717, 1.165) is 32.1 Å². The lowest BCUT2D eigenvalue weighted by atomic mass is 9.79. The molecule has 0 aliphatic heterocycles. The number of Topliss-reactive ketones (excluding diaryl/α,β-unsaturated/α-hetero) is 2. The van der Waals surface area contributed by atoms with Gasteiger partial charge in [0.15, 0.2) is 5.75 Å². The Bertz CT molecular complexity index is 818. The number of phenolic OH excluding ortho intramolecular Hbond substituents is 1. The normalized spacial score (nSPS) is 23.4. The van der Waals surface area contributed by atoms with Crippen LogP contribution in [-0.4, -0.2) is 59.2 Å². The fraction of sp³-hybridized carbons (Fsp3) is 0.550. The van der Waals surface area contributed by atoms with Crippen molar-refractivity contribution in [2.75, 3.05) is 19.4 Å². The highest BCUT2D eigenvalue weighted by Crippen LogP contribution is 2.37. The summed E-state index contributed by atoms with van der Waals surface area (Å²) in [7, 11) is 3.11. The van der Waals surface area contributed by atoms with Crippen LogP contribution in [0.15, 0.2) is 12.1 Å². The Labute approximate surface area is 169 Å². The molecule has 152 valence electrons. The van der Waals surface area contributed by atoms with Crippen LogP contribution in [0.1, 0.15) is 49.4 Å². The van der Waals surface area contributed by atoms with Crippen molar-refractivity contribution in [3.63, 3.8) is 0 Å². The van der Waals surface area contributed by atoms with E-state index in [0.29, 0.717) is 0 Å². The van der Waals surface area contributed by atoms with Gasteiger partial charge in [-0.25, -0.2) is 0 Å². The second-order valence-corrected chi connectivity index (χ2v) is 8.24. The zero-order valence-electron chi connectivity index (χ0n) is 16.3. The Hall–Kier alpha value is -2.12. The molecule has 2 atom stereocenters. The van der Waals surface area contributed by atoms with Gasteiger partial charge in [0, 0.05) is 19.6 Å². The Morgan fingerprint density at radius 1 is 1.21 bits per heavy atom. The number of carbonyl (C=O) groups excluding carboxylic acids is 3. The molecule has 2 unspecified atom stereocenters. The molecule has 0 spiro atoms. The van der Waals surface area contributed by atoms with E-state index in [1.165, 1.54) is 17.0 Å². The molecule has 28 heavy (non-hydrogen) atoms. The van der Waals surface area contributed by atoms with Crippen LogP contribution in [0.4, 0.5) is 5.69 Å². The van der Waals surface area contributed by atoms with Crippen molar-refractivity contribution >= 4 is 34.8 Å². The van der Waals surface area contributed by atoms with E-state index in [9.17, 15) is 19.5 Å². The Balaban J connectivity index is 1.84. The number of halogens is 1. The van der Waals surface area contributed by atoms with E-state index >= 15 is 0 Å². The van der Waals surface area contributed by atoms with E-state index < -0.39 is 29.6 Å². The number of ketones is 2.